The summed E-state index contributed by atoms with van der Waals surface area (Å²) in [6, 6.07) is 6.36. The zero-order valence-electron chi connectivity index (χ0n) is 17.2. The zero-order chi connectivity index (χ0) is 22.1. The molecule has 0 radical (unpaired) electrons. The molecule has 3 rings (SSSR count). The van der Waals surface area contributed by atoms with Gasteiger partial charge < -0.3 is 29.9 Å². The van der Waals surface area contributed by atoms with E-state index in [2.05, 4.69) is 15.8 Å². The number of rotatable bonds is 6. The van der Waals surface area contributed by atoms with E-state index in [0.29, 0.717) is 5.76 Å². The summed E-state index contributed by atoms with van der Waals surface area (Å²) < 4.78 is 24.8. The molecule has 4 atom stereocenters. The van der Waals surface area contributed by atoms with Crippen LogP contribution in [0.1, 0.15) is 31.2 Å². The van der Waals surface area contributed by atoms with E-state index in [4.69, 9.17) is 21.5 Å². The molecule has 1 aliphatic rings. The molecule has 10 heteroatoms. The van der Waals surface area contributed by atoms with Crippen LogP contribution in [-0.2, 0) is 9.53 Å². The number of thiocarbonyl (C=S) groups is 1. The van der Waals surface area contributed by atoms with Crippen molar-refractivity contribution in [3.05, 3.63) is 47.5 Å². The largest absolute Gasteiger partial charge is 0.383 e. The Morgan fingerprint density at radius 1 is 1.53 bits per heavy atom. The number of carbonyl (C=O) groups is 1. The Labute approximate surface area is 179 Å². The smallest absolute Gasteiger partial charge is 0.236 e. The molecule has 1 fully saturated rings. The van der Waals surface area contributed by atoms with Crippen LogP contribution in [0.2, 0.25) is 0 Å². The summed E-state index contributed by atoms with van der Waals surface area (Å²) in [4.78, 5) is 14.8. The SMILES string of the molecule is COC[C@H](C)N1C(=S)N[C@H](c2ccccc2F)[C@@H](C(=O)Nc2cc(C)on2)[C@]1(C)O. The Bertz CT molecular complexity index is 935. The van der Waals surface area contributed by atoms with Crippen molar-refractivity contribution in [3.8, 4) is 0 Å². The number of ether oxygens (including phenoxy) is 1. The Morgan fingerprint density at radius 3 is 2.83 bits per heavy atom. The summed E-state index contributed by atoms with van der Waals surface area (Å²) in [5.41, 5.74) is -1.54. The normalized spacial score (nSPS) is 25.0. The lowest BCUT2D eigenvalue weighted by Gasteiger charge is -2.52. The minimum atomic E-state index is -1.75. The van der Waals surface area contributed by atoms with Gasteiger partial charge in [0, 0.05) is 18.7 Å². The van der Waals surface area contributed by atoms with Crippen LogP contribution >= 0.6 is 12.2 Å². The van der Waals surface area contributed by atoms with Crippen molar-refractivity contribution < 1.29 is 23.6 Å². The van der Waals surface area contributed by atoms with Crippen LogP contribution in [0.3, 0.4) is 0 Å². The maximum atomic E-state index is 14.6. The van der Waals surface area contributed by atoms with Gasteiger partial charge >= 0.3 is 0 Å². The molecule has 0 unspecified atom stereocenters. The van der Waals surface area contributed by atoms with Crippen molar-refractivity contribution in [2.75, 3.05) is 19.0 Å². The van der Waals surface area contributed by atoms with Crippen LogP contribution in [0, 0.1) is 18.7 Å². The van der Waals surface area contributed by atoms with Gasteiger partial charge in [-0.3, -0.25) is 4.79 Å². The molecule has 1 amide bonds. The number of anilines is 1. The molecular weight excluding hydrogens is 411 g/mol. The van der Waals surface area contributed by atoms with E-state index in [-0.39, 0.29) is 29.1 Å². The van der Waals surface area contributed by atoms with E-state index < -0.39 is 29.4 Å². The second-order valence-electron chi connectivity index (χ2n) is 7.51. The van der Waals surface area contributed by atoms with E-state index in [1.165, 1.54) is 25.0 Å². The van der Waals surface area contributed by atoms with Crippen molar-refractivity contribution in [2.24, 2.45) is 5.92 Å². The van der Waals surface area contributed by atoms with Gasteiger partial charge in [0.15, 0.2) is 16.7 Å². The quantitative estimate of drug-likeness (QED) is 0.594. The van der Waals surface area contributed by atoms with Crippen molar-refractivity contribution in [2.45, 2.75) is 38.6 Å². The molecule has 0 aliphatic carbocycles. The van der Waals surface area contributed by atoms with Crippen LogP contribution in [0.15, 0.2) is 34.9 Å². The fraction of sp³-hybridized carbons (Fsp3) is 0.450. The Kier molecular flexibility index (Phi) is 6.39. The number of hydrogen-bond acceptors (Lipinski definition) is 6. The molecule has 0 bridgehead atoms. The number of methoxy groups -OCH3 is 1. The molecule has 2 heterocycles. The maximum absolute atomic E-state index is 14.6. The van der Waals surface area contributed by atoms with E-state index in [9.17, 15) is 14.3 Å². The average molecular weight is 437 g/mol. The van der Waals surface area contributed by atoms with E-state index in [0.717, 1.165) is 0 Å². The molecule has 162 valence electrons. The molecule has 3 N–H and O–H groups in total. The van der Waals surface area contributed by atoms with Gasteiger partial charge in [0.25, 0.3) is 0 Å². The highest BCUT2D eigenvalue weighted by molar-refractivity contribution is 7.80. The number of hydrogen-bond donors (Lipinski definition) is 3. The number of carbonyl (C=O) groups excluding carboxylic acids is 1. The van der Waals surface area contributed by atoms with E-state index >= 15 is 0 Å². The van der Waals surface area contributed by atoms with E-state index in [1.807, 2.05) is 6.92 Å². The molecular formula is C20H25FN4O4S. The lowest BCUT2D eigenvalue weighted by Crippen LogP contribution is -2.70. The van der Waals surface area contributed by atoms with Gasteiger partial charge in [-0.1, -0.05) is 23.4 Å². The lowest BCUT2D eigenvalue weighted by atomic mass is 9.81. The van der Waals surface area contributed by atoms with Crippen molar-refractivity contribution >= 4 is 29.1 Å². The molecule has 1 aromatic heterocycles. The number of aliphatic hydroxyl groups is 1. The number of aromatic nitrogens is 1. The number of nitrogens with one attached hydrogen (secondary N) is 2. The fourth-order valence-electron chi connectivity index (χ4n) is 3.93. The van der Waals surface area contributed by atoms with Gasteiger partial charge in [0.2, 0.25) is 5.91 Å². The Balaban J connectivity index is 2.04. The lowest BCUT2D eigenvalue weighted by molar-refractivity contribution is -0.160. The fourth-order valence-corrected chi connectivity index (χ4v) is 4.42. The zero-order valence-corrected chi connectivity index (χ0v) is 18.0. The standard InChI is InChI=1S/C20H25FN4O4S/c1-11(10-28-4)25-19(30)23-17(13-7-5-6-8-14(13)21)16(20(25,3)27)18(26)22-15-9-12(2)29-24-15/h5-9,11,16-17,27H,10H2,1-4H3,(H,23,30)(H,22,24,26)/t11-,16-,17+,20-/m0/s1. The minimum absolute atomic E-state index is 0.194. The highest BCUT2D eigenvalue weighted by Crippen LogP contribution is 2.40. The predicted octanol–water partition coefficient (Wildman–Crippen LogP) is 2.35. The molecule has 8 nitrogen and oxygen atoms in total. The predicted molar refractivity (Wildman–Crippen MR) is 112 cm³/mol. The third-order valence-electron chi connectivity index (χ3n) is 5.16. The molecule has 0 saturated carbocycles. The highest BCUT2D eigenvalue weighted by atomic mass is 32.1. The van der Waals surface area contributed by atoms with Gasteiger partial charge in [0.05, 0.1) is 18.7 Å². The van der Waals surface area contributed by atoms with Crippen molar-refractivity contribution in [1.82, 2.24) is 15.4 Å². The van der Waals surface area contributed by atoms with Crippen LogP contribution in [0.4, 0.5) is 10.2 Å². The minimum Gasteiger partial charge on any atom is -0.383 e. The third-order valence-corrected chi connectivity index (χ3v) is 5.47. The van der Waals surface area contributed by atoms with Gasteiger partial charge in [-0.15, -0.1) is 0 Å². The first-order chi connectivity index (χ1) is 14.2. The number of benzene rings is 1. The molecule has 30 heavy (non-hydrogen) atoms. The van der Waals surface area contributed by atoms with Gasteiger partial charge in [0.1, 0.15) is 17.5 Å². The maximum Gasteiger partial charge on any atom is 0.236 e. The third kappa shape index (κ3) is 4.16. The van der Waals surface area contributed by atoms with Crippen LogP contribution in [0.5, 0.6) is 0 Å². The summed E-state index contributed by atoms with van der Waals surface area (Å²) in [7, 11) is 1.53. The molecule has 1 aromatic carbocycles. The van der Waals surface area contributed by atoms with Crippen LogP contribution in [0.25, 0.3) is 0 Å². The number of aryl methyl sites for hydroxylation is 1. The Hall–Kier alpha value is -2.56. The summed E-state index contributed by atoms with van der Waals surface area (Å²) in [5.74, 6) is -1.50. The topological polar surface area (TPSA) is 99.9 Å². The first-order valence-corrected chi connectivity index (χ1v) is 9.87. The van der Waals surface area contributed by atoms with Gasteiger partial charge in [-0.05, 0) is 39.1 Å². The number of halogens is 1. The number of amides is 1. The van der Waals surface area contributed by atoms with Crippen molar-refractivity contribution in [1.29, 1.82) is 0 Å². The molecule has 0 spiro atoms. The second-order valence-corrected chi connectivity index (χ2v) is 7.89. The molecule has 2 aromatic rings. The van der Waals surface area contributed by atoms with E-state index in [1.54, 1.807) is 31.2 Å². The van der Waals surface area contributed by atoms with Gasteiger partial charge in [-0.2, -0.15) is 0 Å². The summed E-state index contributed by atoms with van der Waals surface area (Å²) in [6.07, 6.45) is 0. The Morgan fingerprint density at radius 2 is 2.23 bits per heavy atom. The average Bonchev–Trinajstić information content (AvgIpc) is 3.05. The summed E-state index contributed by atoms with van der Waals surface area (Å²) >= 11 is 5.48. The van der Waals surface area contributed by atoms with Crippen LogP contribution < -0.4 is 10.6 Å². The number of nitrogens with zero attached hydrogens (tertiary/aromatic N) is 2. The first-order valence-electron chi connectivity index (χ1n) is 9.46. The first kappa shape index (κ1) is 22.1. The monoisotopic (exact) mass is 436 g/mol. The highest BCUT2D eigenvalue weighted by Gasteiger charge is 2.54. The molecule has 1 aliphatic heterocycles. The van der Waals surface area contributed by atoms with Crippen molar-refractivity contribution in [3.63, 3.8) is 0 Å². The van der Waals surface area contributed by atoms with Crippen LogP contribution in [-0.4, -0.2) is 51.7 Å². The molecule has 1 saturated heterocycles. The van der Waals surface area contributed by atoms with Gasteiger partial charge in [-0.25, -0.2) is 4.39 Å². The second kappa shape index (κ2) is 8.66. The summed E-state index contributed by atoms with van der Waals surface area (Å²) in [6.45, 7) is 5.25. The summed E-state index contributed by atoms with van der Waals surface area (Å²) in [5, 5.41) is 21.2.